The molecule has 2 spiro atoms. The first-order valence-electron chi connectivity index (χ1n) is 25.2. The van der Waals surface area contributed by atoms with Gasteiger partial charge in [0.15, 0.2) is 17.5 Å². The molecule has 1 aromatic carbocycles. The molecule has 0 unspecified atom stereocenters. The number of ether oxygens (including phenoxy) is 2. The number of carbonyl (C=O) groups is 2. The molecule has 6 bridgehead atoms. The molecule has 1 aromatic heterocycles. The van der Waals surface area contributed by atoms with Crippen LogP contribution in [0.4, 0.5) is 5.82 Å². The number of aryl methyl sites for hydroxylation is 1. The van der Waals surface area contributed by atoms with Gasteiger partial charge in [-0.05, 0) is 157 Å². The highest BCUT2D eigenvalue weighted by Crippen LogP contribution is 2.63. The van der Waals surface area contributed by atoms with Gasteiger partial charge in [-0.1, -0.05) is 47.3 Å². The van der Waals surface area contributed by atoms with Crippen molar-refractivity contribution in [3.8, 4) is 11.5 Å². The molecule has 1 saturated heterocycles. The smallest absolute Gasteiger partial charge is 0.303 e. The van der Waals surface area contributed by atoms with Crippen LogP contribution in [0.3, 0.4) is 0 Å². The fourth-order valence-electron chi connectivity index (χ4n) is 13.7. The van der Waals surface area contributed by atoms with Crippen molar-refractivity contribution in [2.24, 2.45) is 33.4 Å². The predicted molar refractivity (Wildman–Crippen MR) is 259 cm³/mol. The molecule has 12 nitrogen and oxygen atoms in total. The lowest BCUT2D eigenvalue weighted by Crippen LogP contribution is -2.55. The van der Waals surface area contributed by atoms with Crippen molar-refractivity contribution >= 4 is 45.2 Å². The number of fused-ring (bicyclic) bond motifs is 14. The van der Waals surface area contributed by atoms with Crippen molar-refractivity contribution in [2.45, 2.75) is 190 Å². The molecule has 1 amide bonds. The molecule has 5 fully saturated rings. The number of anilines is 1. The number of nitrogens with zero attached hydrogens (tertiary/aromatic N) is 3. The Morgan fingerprint density at radius 3 is 2.58 bits per heavy atom. The van der Waals surface area contributed by atoms with Crippen LogP contribution in [0, 0.1) is 22.7 Å². The average Bonchev–Trinajstić information content (AvgIpc) is 4.04. The highest BCUT2D eigenvalue weighted by atomic mass is 33.1. The number of nitrogens with one attached hydrogen (secondary N) is 1. The van der Waals surface area contributed by atoms with Gasteiger partial charge in [-0.2, -0.15) is 0 Å². The molecule has 10 rings (SSSR count). The molecule has 8 aliphatic rings. The number of pyridine rings is 1. The Bertz CT molecular complexity index is 2080. The lowest BCUT2D eigenvalue weighted by Gasteiger charge is -2.44. The summed E-state index contributed by atoms with van der Waals surface area (Å²) in [5.41, 5.74) is 15.9. The van der Waals surface area contributed by atoms with Crippen molar-refractivity contribution < 1.29 is 29.3 Å². The quantitative estimate of drug-likeness (QED) is 0.146. The lowest BCUT2D eigenvalue weighted by molar-refractivity contribution is -0.168. The highest BCUT2D eigenvalue weighted by Gasteiger charge is 2.57. The number of nitrogen functional groups attached to an aromatic ring is 1. The molecule has 356 valence electrons. The van der Waals surface area contributed by atoms with E-state index in [0.717, 1.165) is 93.1 Å². The molecular weight excluding hydrogens is 857 g/mol. The molecule has 0 radical (unpaired) electrons. The molecule has 2 aromatic rings. The third-order valence-corrected chi connectivity index (χ3v) is 20.3. The number of guanidine groups is 1. The van der Waals surface area contributed by atoms with Crippen LogP contribution in [0.5, 0.6) is 11.5 Å². The maximum Gasteiger partial charge on any atom is 0.303 e. The third kappa shape index (κ3) is 10.1. The zero-order valence-corrected chi connectivity index (χ0v) is 40.4. The summed E-state index contributed by atoms with van der Waals surface area (Å²) in [6.07, 6.45) is 23.7. The Kier molecular flexibility index (Phi) is 14.2. The Hall–Kier alpha value is -3.36. The number of carbonyl (C=O) groups excluding carboxylic acids is 2. The summed E-state index contributed by atoms with van der Waals surface area (Å²) < 4.78 is 13.0. The lowest BCUT2D eigenvalue weighted by atomic mass is 9.72. The number of phenols is 1. The summed E-state index contributed by atoms with van der Waals surface area (Å²) in [7, 11) is 3.97. The van der Waals surface area contributed by atoms with E-state index in [4.69, 9.17) is 25.9 Å². The van der Waals surface area contributed by atoms with Crippen LogP contribution in [0.1, 0.15) is 164 Å². The van der Waals surface area contributed by atoms with E-state index >= 15 is 0 Å². The average molecular weight is 931 g/mol. The van der Waals surface area contributed by atoms with E-state index in [0.29, 0.717) is 87.0 Å². The maximum absolute atomic E-state index is 14.4. The van der Waals surface area contributed by atoms with E-state index in [9.17, 15) is 19.8 Å². The number of aliphatic imine (C=N–C) groups is 1. The van der Waals surface area contributed by atoms with E-state index < -0.39 is 17.1 Å². The number of rotatable bonds is 3. The Balaban J connectivity index is 1.05. The maximum atomic E-state index is 14.4. The first-order valence-corrected chi connectivity index (χ1v) is 27.5. The van der Waals surface area contributed by atoms with Gasteiger partial charge in [0.25, 0.3) is 0 Å². The van der Waals surface area contributed by atoms with Crippen LogP contribution in [-0.4, -0.2) is 79.5 Å². The Labute approximate surface area is 394 Å². The number of benzene rings is 1. The van der Waals surface area contributed by atoms with Crippen molar-refractivity contribution in [1.82, 2.24) is 15.2 Å². The summed E-state index contributed by atoms with van der Waals surface area (Å²) in [6, 6.07) is 5.98. The topological polar surface area (TPSA) is 186 Å². The standard InChI is InChI=1S/C51H74N6O6S2/c1-34(58)63-50-21-14-36(41(59)30-50)9-3-2-6-26-64-65-51(20-8-19-49(51)17-4-5-18-49)56-47(53)55-25-23-48(29-35-16-24-54-43(52)27-35)31-44(60)57(33-48)32-39-28-38(15-22-50)40-13-12-37-10-7-11-42(37)62-46(40)45(39)61/h16,24,27-28,36-37,41-42,59,61H,2-15,17-23,25-26,29-33H2,1H3,(H2,52,54)(H3,53,55,56)/t36-,37-,41+,42-,48-,50+,51+/m0/s1. The van der Waals surface area contributed by atoms with Gasteiger partial charge in [0.2, 0.25) is 5.91 Å². The summed E-state index contributed by atoms with van der Waals surface area (Å²) >= 11 is 0. The number of esters is 1. The van der Waals surface area contributed by atoms with Gasteiger partial charge in [0.05, 0.1) is 6.10 Å². The van der Waals surface area contributed by atoms with Crippen molar-refractivity contribution in [2.75, 3.05) is 24.6 Å². The number of hydrogen-bond donors (Lipinski definition) is 5. The zero-order chi connectivity index (χ0) is 45.2. The minimum atomic E-state index is -0.777. The van der Waals surface area contributed by atoms with E-state index in [-0.39, 0.29) is 46.5 Å². The molecule has 4 aliphatic carbocycles. The van der Waals surface area contributed by atoms with Crippen molar-refractivity contribution in [3.05, 3.63) is 46.6 Å². The normalized spacial score (nSPS) is 33.5. The molecule has 7 atom stereocenters. The second-order valence-electron chi connectivity index (χ2n) is 21.3. The minimum Gasteiger partial charge on any atom is -0.504 e. The fourth-order valence-corrected chi connectivity index (χ4v) is 17.2. The zero-order valence-electron chi connectivity index (χ0n) is 38.8. The first-order chi connectivity index (χ1) is 31.4. The van der Waals surface area contributed by atoms with Gasteiger partial charge in [-0.3, -0.25) is 14.6 Å². The summed E-state index contributed by atoms with van der Waals surface area (Å²) in [4.78, 5) is 38.1. The fraction of sp³-hybridized carbons (Fsp3) is 0.725. The van der Waals surface area contributed by atoms with Gasteiger partial charge in [0.1, 0.15) is 22.4 Å². The number of aromatic hydroxyl groups is 1. The molecule has 7 N–H and O–H groups in total. The van der Waals surface area contributed by atoms with Crippen molar-refractivity contribution in [3.63, 3.8) is 0 Å². The Morgan fingerprint density at radius 2 is 1.77 bits per heavy atom. The van der Waals surface area contributed by atoms with Crippen molar-refractivity contribution in [1.29, 1.82) is 0 Å². The van der Waals surface area contributed by atoms with Crippen LogP contribution in [-0.2, 0) is 40.1 Å². The number of nitrogens with two attached hydrogens (primary N) is 2. The third-order valence-electron chi connectivity index (χ3n) is 17.0. The van der Waals surface area contributed by atoms with Crippen LogP contribution in [0.25, 0.3) is 0 Å². The van der Waals surface area contributed by atoms with Crippen LogP contribution < -0.4 is 21.5 Å². The van der Waals surface area contributed by atoms with Gasteiger partial charge >= 0.3 is 5.97 Å². The molecule has 14 heteroatoms. The highest BCUT2D eigenvalue weighted by molar-refractivity contribution is 8.77. The summed E-state index contributed by atoms with van der Waals surface area (Å²) in [5, 5.41) is 27.8. The molecule has 4 saturated carbocycles. The summed E-state index contributed by atoms with van der Waals surface area (Å²) in [6.45, 7) is 2.69. The van der Waals surface area contributed by atoms with E-state index in [1.807, 2.05) is 38.6 Å². The minimum absolute atomic E-state index is 0.0354. The van der Waals surface area contributed by atoms with E-state index in [2.05, 4.69) is 16.4 Å². The number of hydrogen-bond acceptors (Lipinski definition) is 13. The Morgan fingerprint density at radius 1 is 0.938 bits per heavy atom. The van der Waals surface area contributed by atoms with E-state index in [1.54, 1.807) is 6.20 Å². The number of aliphatic hydroxyl groups excluding tert-OH is 1. The van der Waals surface area contributed by atoms with Gasteiger partial charge in [0, 0.05) is 73.3 Å². The molecule has 65 heavy (non-hydrogen) atoms. The first kappa shape index (κ1) is 46.7. The SMILES string of the molecule is CC(=O)O[C@@]12CCc3cc(c(O)c4c3CC[C@@H]3CCC[C@@H]3O4)CN3C[C@](Cc4ccnc(N)c4)(CCN=C(N)N[C@]4(CCCC45CCCC5)SSCCCCC[C@@H](CC1)[C@H](O)C2)CC3=O. The van der Waals surface area contributed by atoms with Crippen LogP contribution in [0.15, 0.2) is 29.4 Å². The van der Waals surface area contributed by atoms with Gasteiger partial charge in [-0.15, -0.1) is 0 Å². The van der Waals surface area contributed by atoms with Gasteiger partial charge < -0.3 is 41.4 Å². The largest absolute Gasteiger partial charge is 0.504 e. The predicted octanol–water partition coefficient (Wildman–Crippen LogP) is 8.91. The second-order valence-corrected chi connectivity index (χ2v) is 24.1. The number of aromatic nitrogens is 1. The number of amides is 1. The molecular formula is C51H74N6O6S2. The number of aliphatic hydroxyl groups is 1. The molecule has 4 aliphatic heterocycles. The summed E-state index contributed by atoms with van der Waals surface area (Å²) in [5.74, 6) is 3.03. The van der Waals surface area contributed by atoms with Crippen LogP contribution >= 0.6 is 21.6 Å². The molecule has 5 heterocycles. The van der Waals surface area contributed by atoms with Crippen LogP contribution in [0.2, 0.25) is 0 Å². The number of phenolic OH excluding ortho intramolecular Hbond substituents is 1. The van der Waals surface area contributed by atoms with Gasteiger partial charge in [-0.25, -0.2) is 4.98 Å². The van der Waals surface area contributed by atoms with E-state index in [1.165, 1.54) is 45.4 Å². The monoisotopic (exact) mass is 931 g/mol. The second kappa shape index (κ2) is 19.7.